The number of carbonyl (C=O) groups is 3. The highest BCUT2D eigenvalue weighted by molar-refractivity contribution is 7.80. The Morgan fingerprint density at radius 2 is 1.33 bits per heavy atom. The molecule has 2 heterocycles. The third kappa shape index (κ3) is 14.2. The van der Waals surface area contributed by atoms with Crippen molar-refractivity contribution in [3.8, 4) is 11.4 Å². The third-order valence-corrected chi connectivity index (χ3v) is 8.60. The van der Waals surface area contributed by atoms with E-state index in [4.69, 9.17) is 18.0 Å². The van der Waals surface area contributed by atoms with Crippen LogP contribution in [0.3, 0.4) is 0 Å². The molecular weight excluding hydrogens is 675 g/mol. The third-order valence-electron chi connectivity index (χ3n) is 8.36. The van der Waals surface area contributed by atoms with Crippen molar-refractivity contribution in [2.45, 2.75) is 45.3 Å². The summed E-state index contributed by atoms with van der Waals surface area (Å²) in [6.45, 7) is 6.76. The van der Waals surface area contributed by atoms with Gasteiger partial charge in [-0.25, -0.2) is 0 Å². The van der Waals surface area contributed by atoms with Crippen molar-refractivity contribution in [3.63, 3.8) is 0 Å². The molecule has 0 saturated carbocycles. The lowest BCUT2D eigenvalue weighted by molar-refractivity contribution is -0.140. The minimum absolute atomic E-state index is 0.0749. The summed E-state index contributed by atoms with van der Waals surface area (Å²) < 4.78 is 0. The van der Waals surface area contributed by atoms with Gasteiger partial charge in [0.25, 0.3) is 0 Å². The second-order valence-electron chi connectivity index (χ2n) is 12.5. The SMILES string of the molecule is Cc1nnc(-c2ccc(CNC(=O)C(N)CCCCNC(=S)Nc3ccc(CN4CCN(CC(=O)O)CCN(CC(=O)O)CC4)cc3)cc2)nn1. The fourth-order valence-electron chi connectivity index (χ4n) is 5.48. The van der Waals surface area contributed by atoms with E-state index in [2.05, 4.69) is 41.2 Å². The number of anilines is 1. The Kier molecular flexibility index (Phi) is 15.5. The van der Waals surface area contributed by atoms with Gasteiger partial charge in [0.2, 0.25) is 11.7 Å². The van der Waals surface area contributed by atoms with E-state index in [-0.39, 0.29) is 19.0 Å². The minimum atomic E-state index is -0.896. The average molecular weight is 722 g/mol. The number of aliphatic carboxylic acids is 2. The first-order valence-corrected chi connectivity index (χ1v) is 17.4. The number of carbonyl (C=O) groups excluding carboxylic acids is 1. The second kappa shape index (κ2) is 20.2. The standard InChI is InChI=1S/C34H47N11O5S/c1-24-39-41-32(42-40-24)27-9-5-25(6-10-27)20-37-33(50)29(35)4-2-3-13-36-34(51)38-28-11-7-26(8-12-28)21-43-14-16-44(22-30(46)47)18-19-45(17-15-43)23-31(48)49/h5-12,29H,2-4,13-23,35H2,1H3,(H,37,50)(H,46,47)(H,48,49)(H2,36,38,51). The van der Waals surface area contributed by atoms with Crippen molar-refractivity contribution < 1.29 is 24.6 Å². The zero-order chi connectivity index (χ0) is 36.6. The maximum atomic E-state index is 12.5. The van der Waals surface area contributed by atoms with Gasteiger partial charge in [0.05, 0.1) is 19.1 Å². The van der Waals surface area contributed by atoms with Crippen LogP contribution in [0.25, 0.3) is 11.4 Å². The predicted octanol–water partition coefficient (Wildman–Crippen LogP) is 0.931. The van der Waals surface area contributed by atoms with E-state index in [1.165, 1.54) is 0 Å². The Morgan fingerprint density at radius 1 is 0.784 bits per heavy atom. The molecule has 1 aliphatic rings. The maximum absolute atomic E-state index is 12.5. The number of thiocarbonyl (C=S) groups is 1. The van der Waals surface area contributed by atoms with Crippen molar-refractivity contribution in [1.29, 1.82) is 0 Å². The maximum Gasteiger partial charge on any atom is 0.317 e. The van der Waals surface area contributed by atoms with Crippen LogP contribution in [0, 0.1) is 6.92 Å². The fourth-order valence-corrected chi connectivity index (χ4v) is 5.70. The van der Waals surface area contributed by atoms with Gasteiger partial charge in [-0.15, -0.1) is 20.4 Å². The molecular formula is C34H47N11O5S. The van der Waals surface area contributed by atoms with Gasteiger partial charge in [-0.2, -0.15) is 0 Å². The van der Waals surface area contributed by atoms with Crippen LogP contribution in [0.4, 0.5) is 5.69 Å². The van der Waals surface area contributed by atoms with Crippen molar-refractivity contribution in [2.75, 3.05) is 64.2 Å². The van der Waals surface area contributed by atoms with Crippen molar-refractivity contribution in [3.05, 3.63) is 65.5 Å². The number of hydrogen-bond donors (Lipinski definition) is 6. The Balaban J connectivity index is 1.12. The summed E-state index contributed by atoms with van der Waals surface area (Å²) in [5.41, 5.74) is 9.76. The highest BCUT2D eigenvalue weighted by Crippen LogP contribution is 2.15. The average Bonchev–Trinajstić information content (AvgIpc) is 3.19. The highest BCUT2D eigenvalue weighted by Gasteiger charge is 2.20. The van der Waals surface area contributed by atoms with E-state index in [0.29, 0.717) is 82.1 Å². The molecule has 0 spiro atoms. The zero-order valence-corrected chi connectivity index (χ0v) is 29.6. The van der Waals surface area contributed by atoms with E-state index in [1.807, 2.05) is 58.3 Å². The Morgan fingerprint density at radius 3 is 1.90 bits per heavy atom. The number of unbranched alkanes of at least 4 members (excludes halogenated alkanes) is 1. The summed E-state index contributed by atoms with van der Waals surface area (Å²) in [5.74, 6) is -1.05. The largest absolute Gasteiger partial charge is 0.480 e. The Bertz CT molecular complexity index is 1550. The van der Waals surface area contributed by atoms with Crippen LogP contribution in [0.15, 0.2) is 48.5 Å². The quantitative estimate of drug-likeness (QED) is 0.0896. The van der Waals surface area contributed by atoms with Crippen molar-refractivity contribution >= 4 is 40.9 Å². The molecule has 7 N–H and O–H groups in total. The summed E-state index contributed by atoms with van der Waals surface area (Å²) >= 11 is 5.46. The van der Waals surface area contributed by atoms with Crippen LogP contribution in [0.5, 0.6) is 0 Å². The molecule has 51 heavy (non-hydrogen) atoms. The first-order chi connectivity index (χ1) is 24.5. The number of hydrogen-bond acceptors (Lipinski definition) is 12. The molecule has 17 heteroatoms. The molecule has 274 valence electrons. The summed E-state index contributed by atoms with van der Waals surface area (Å²) in [4.78, 5) is 41.1. The number of aromatic nitrogens is 4. The molecule has 1 unspecified atom stereocenters. The van der Waals surface area contributed by atoms with Crippen LogP contribution in [0.2, 0.25) is 0 Å². The molecule has 16 nitrogen and oxygen atoms in total. The number of aryl methyl sites for hydroxylation is 1. The van der Waals surface area contributed by atoms with Gasteiger partial charge >= 0.3 is 11.9 Å². The summed E-state index contributed by atoms with van der Waals surface area (Å²) in [7, 11) is 0. The van der Waals surface area contributed by atoms with E-state index in [9.17, 15) is 24.6 Å². The molecule has 1 atom stereocenters. The van der Waals surface area contributed by atoms with Crippen LogP contribution >= 0.6 is 12.2 Å². The lowest BCUT2D eigenvalue weighted by Gasteiger charge is -2.25. The number of rotatable bonds is 16. The second-order valence-corrected chi connectivity index (χ2v) is 12.9. The number of carboxylic acids is 2. The molecule has 1 aromatic heterocycles. The predicted molar refractivity (Wildman–Crippen MR) is 196 cm³/mol. The van der Waals surface area contributed by atoms with E-state index < -0.39 is 18.0 Å². The summed E-state index contributed by atoms with van der Waals surface area (Å²) in [6, 6.07) is 14.8. The number of nitrogens with two attached hydrogens (primary N) is 1. The van der Waals surface area contributed by atoms with Crippen molar-refractivity contribution in [2.24, 2.45) is 5.73 Å². The smallest absolute Gasteiger partial charge is 0.317 e. The van der Waals surface area contributed by atoms with Crippen LogP contribution in [0.1, 0.15) is 36.2 Å². The normalized spacial score (nSPS) is 15.2. The number of benzene rings is 2. The monoisotopic (exact) mass is 721 g/mol. The van der Waals surface area contributed by atoms with Gasteiger partial charge in [0, 0.05) is 70.2 Å². The van der Waals surface area contributed by atoms with Crippen molar-refractivity contribution in [1.82, 2.24) is 45.7 Å². The molecule has 1 amide bonds. The molecule has 2 aromatic carbocycles. The Hall–Kier alpha value is -4.68. The molecule has 1 aliphatic heterocycles. The summed E-state index contributed by atoms with van der Waals surface area (Å²) in [6.07, 6.45) is 2.09. The molecule has 3 aromatic rings. The lowest BCUT2D eigenvalue weighted by atomic mass is 10.1. The number of amides is 1. The van der Waals surface area contributed by atoms with Gasteiger partial charge in [0.15, 0.2) is 10.9 Å². The summed E-state index contributed by atoms with van der Waals surface area (Å²) in [5, 5.41) is 44.3. The number of nitrogens with one attached hydrogen (secondary N) is 3. The number of nitrogens with zero attached hydrogens (tertiary/aromatic N) is 7. The van der Waals surface area contributed by atoms with Gasteiger partial charge in [-0.05, 0) is 61.7 Å². The minimum Gasteiger partial charge on any atom is -0.480 e. The molecule has 0 bridgehead atoms. The Labute approximate surface area is 302 Å². The molecule has 0 aliphatic carbocycles. The van der Waals surface area contributed by atoms with Gasteiger partial charge in [-0.1, -0.05) is 36.4 Å². The molecule has 4 rings (SSSR count). The van der Waals surface area contributed by atoms with E-state index >= 15 is 0 Å². The van der Waals surface area contributed by atoms with E-state index in [0.717, 1.165) is 35.2 Å². The topological polar surface area (TPSA) is 215 Å². The van der Waals surface area contributed by atoms with Crippen LogP contribution in [-0.4, -0.2) is 133 Å². The fraction of sp³-hybridized carbons (Fsp3) is 0.471. The lowest BCUT2D eigenvalue weighted by Crippen LogP contribution is -2.40. The van der Waals surface area contributed by atoms with E-state index in [1.54, 1.807) is 6.92 Å². The number of carboxylic acid groups (broad SMARTS) is 2. The van der Waals surface area contributed by atoms with Gasteiger partial charge < -0.3 is 31.9 Å². The molecule has 1 fully saturated rings. The zero-order valence-electron chi connectivity index (χ0n) is 28.8. The molecule has 0 radical (unpaired) electrons. The highest BCUT2D eigenvalue weighted by atomic mass is 32.1. The van der Waals surface area contributed by atoms with Crippen LogP contribution in [-0.2, 0) is 27.5 Å². The first kappa shape index (κ1) is 39.1. The van der Waals surface area contributed by atoms with Crippen LogP contribution < -0.4 is 21.7 Å². The van der Waals surface area contributed by atoms with Gasteiger partial charge in [0.1, 0.15) is 0 Å². The first-order valence-electron chi connectivity index (χ1n) is 16.9. The molecule has 1 saturated heterocycles. The van der Waals surface area contributed by atoms with Gasteiger partial charge in [-0.3, -0.25) is 29.1 Å².